The third-order valence-electron chi connectivity index (χ3n) is 6.03. The van der Waals surface area contributed by atoms with Crippen molar-refractivity contribution < 1.29 is 33.6 Å². The number of hydrogen-bond acceptors (Lipinski definition) is 5. The van der Waals surface area contributed by atoms with Gasteiger partial charge >= 0.3 is 13.8 Å². The Hall–Kier alpha value is -3.03. The average Bonchev–Trinajstić information content (AvgIpc) is 2.79. The fraction of sp³-hybridized carbons (Fsp3) is 0.379. The third-order valence-corrected chi connectivity index (χ3v) is 6.47. The second-order valence-electron chi connectivity index (χ2n) is 9.96. The van der Waals surface area contributed by atoms with Gasteiger partial charge in [-0.25, -0.2) is 4.57 Å². The van der Waals surface area contributed by atoms with Crippen LogP contribution in [0.5, 0.6) is 5.75 Å². The van der Waals surface area contributed by atoms with Crippen molar-refractivity contribution in [2.24, 2.45) is 11.1 Å². The van der Waals surface area contributed by atoms with Crippen molar-refractivity contribution in [2.75, 3.05) is 0 Å². The standard InChI is InChI=1S/C20H28O.C9H12NO6P/c1-16(8-6-9-17(2)13-15-21)11-12-19-18(3)10-7-14-20(19,4)5;10-8(9(11)12)5-6-1-3-7(4-2-6)16-17(13,14)15/h6,8-9,11-13,15H,7,10,14H2,1-5H3;1-4,8H,5,10H2,(H,11,12)(H2,13,14,15)/t;8-/m.0/s1. The van der Waals surface area contributed by atoms with Gasteiger partial charge in [-0.3, -0.25) is 19.4 Å². The van der Waals surface area contributed by atoms with Crippen LogP contribution in [0.3, 0.4) is 0 Å². The predicted molar refractivity (Wildman–Crippen MR) is 151 cm³/mol. The van der Waals surface area contributed by atoms with Crippen LogP contribution in [0.1, 0.15) is 59.4 Å². The molecule has 0 aromatic heterocycles. The first-order chi connectivity index (χ1) is 17.6. The molecule has 38 heavy (non-hydrogen) atoms. The molecule has 1 aromatic carbocycles. The van der Waals surface area contributed by atoms with E-state index in [9.17, 15) is 14.2 Å². The minimum absolute atomic E-state index is 0.00554. The molecule has 9 heteroatoms. The van der Waals surface area contributed by atoms with E-state index in [1.807, 2.05) is 19.1 Å². The molecule has 0 spiro atoms. The Morgan fingerprint density at radius 3 is 2.26 bits per heavy atom. The van der Waals surface area contributed by atoms with E-state index in [2.05, 4.69) is 50.4 Å². The molecule has 0 unspecified atom stereocenters. The number of phosphoric ester groups is 1. The van der Waals surface area contributed by atoms with E-state index in [0.29, 0.717) is 5.56 Å². The maximum atomic E-state index is 10.5. The largest absolute Gasteiger partial charge is 0.524 e. The van der Waals surface area contributed by atoms with E-state index in [4.69, 9.17) is 20.6 Å². The molecule has 0 radical (unpaired) electrons. The minimum atomic E-state index is -4.56. The highest BCUT2D eigenvalue weighted by Crippen LogP contribution is 2.41. The summed E-state index contributed by atoms with van der Waals surface area (Å²) >= 11 is 0. The Morgan fingerprint density at radius 1 is 1.13 bits per heavy atom. The third kappa shape index (κ3) is 13.0. The number of rotatable bonds is 10. The van der Waals surface area contributed by atoms with E-state index in [1.54, 1.807) is 6.08 Å². The fourth-order valence-electron chi connectivity index (χ4n) is 3.96. The number of aliphatic carboxylic acids is 1. The van der Waals surface area contributed by atoms with Gasteiger partial charge in [0.05, 0.1) is 0 Å². The quantitative estimate of drug-likeness (QED) is 0.124. The molecule has 0 saturated heterocycles. The van der Waals surface area contributed by atoms with Gasteiger partial charge in [0, 0.05) is 0 Å². The molecule has 0 heterocycles. The highest BCUT2D eigenvalue weighted by atomic mass is 31.2. The van der Waals surface area contributed by atoms with Crippen molar-refractivity contribution in [3.8, 4) is 5.75 Å². The van der Waals surface area contributed by atoms with Gasteiger partial charge in [-0.05, 0) is 86.8 Å². The second kappa shape index (κ2) is 15.4. The Balaban J connectivity index is 0.000000389. The molecule has 0 saturated carbocycles. The predicted octanol–water partition coefficient (Wildman–Crippen LogP) is 5.83. The lowest BCUT2D eigenvalue weighted by Crippen LogP contribution is -2.32. The summed E-state index contributed by atoms with van der Waals surface area (Å²) in [6.45, 7) is 10.9. The van der Waals surface area contributed by atoms with Crippen molar-refractivity contribution >= 4 is 20.1 Å². The molecule has 0 amide bonds. The summed E-state index contributed by atoms with van der Waals surface area (Å²) in [4.78, 5) is 37.9. The molecule has 0 fully saturated rings. The molecule has 1 aliphatic carbocycles. The maximum absolute atomic E-state index is 10.5. The molecule has 1 aliphatic rings. The monoisotopic (exact) mass is 545 g/mol. The smallest absolute Gasteiger partial charge is 0.480 e. The zero-order valence-electron chi connectivity index (χ0n) is 22.8. The van der Waals surface area contributed by atoms with Gasteiger partial charge in [0.2, 0.25) is 0 Å². The SMILES string of the molecule is CC(C=CC=C(C)C=CC1=C(C)CCCC1(C)C)=CC=O.N[C@@H](Cc1ccc(OP(=O)(O)O)cc1)C(=O)O. The fourth-order valence-corrected chi connectivity index (χ4v) is 4.36. The lowest BCUT2D eigenvalue weighted by molar-refractivity contribution is -0.138. The van der Waals surface area contributed by atoms with Gasteiger partial charge in [-0.15, -0.1) is 0 Å². The molecule has 2 rings (SSSR count). The first-order valence-electron chi connectivity index (χ1n) is 12.3. The number of carbonyl (C=O) groups excluding carboxylic acids is 1. The van der Waals surface area contributed by atoms with Crippen LogP contribution < -0.4 is 10.3 Å². The normalized spacial score (nSPS) is 17.3. The lowest BCUT2D eigenvalue weighted by atomic mass is 9.72. The van der Waals surface area contributed by atoms with Crippen molar-refractivity contribution in [1.29, 1.82) is 0 Å². The van der Waals surface area contributed by atoms with Gasteiger partial charge in [-0.1, -0.05) is 67.5 Å². The van der Waals surface area contributed by atoms with Crippen LogP contribution in [-0.2, 0) is 20.6 Å². The summed E-state index contributed by atoms with van der Waals surface area (Å²) in [5.41, 5.74) is 11.4. The summed E-state index contributed by atoms with van der Waals surface area (Å²) in [7, 11) is -4.56. The Morgan fingerprint density at radius 2 is 1.74 bits per heavy atom. The molecule has 8 nitrogen and oxygen atoms in total. The number of carbonyl (C=O) groups is 2. The van der Waals surface area contributed by atoms with E-state index in [-0.39, 0.29) is 17.6 Å². The van der Waals surface area contributed by atoms with Crippen LogP contribution in [0.25, 0.3) is 0 Å². The molecule has 1 atom stereocenters. The molecule has 208 valence electrons. The van der Waals surface area contributed by atoms with Gasteiger partial charge in [0.25, 0.3) is 0 Å². The number of hydrogen-bond donors (Lipinski definition) is 4. The van der Waals surface area contributed by atoms with Crippen LogP contribution in [-0.4, -0.2) is 33.2 Å². The van der Waals surface area contributed by atoms with Crippen molar-refractivity contribution in [1.82, 2.24) is 0 Å². The van der Waals surface area contributed by atoms with Crippen molar-refractivity contribution in [3.63, 3.8) is 0 Å². The number of carboxylic acids is 1. The van der Waals surface area contributed by atoms with E-state index >= 15 is 0 Å². The van der Waals surface area contributed by atoms with E-state index < -0.39 is 19.8 Å². The summed E-state index contributed by atoms with van der Waals surface area (Å²) in [5.74, 6) is -1.11. The van der Waals surface area contributed by atoms with Gasteiger partial charge in [0.15, 0.2) is 0 Å². The molecular weight excluding hydrogens is 505 g/mol. The summed E-state index contributed by atoms with van der Waals surface area (Å²) < 4.78 is 14.9. The van der Waals surface area contributed by atoms with E-state index in [1.165, 1.54) is 60.2 Å². The van der Waals surface area contributed by atoms with E-state index in [0.717, 1.165) is 11.9 Å². The zero-order valence-corrected chi connectivity index (χ0v) is 23.7. The van der Waals surface area contributed by atoms with Crippen LogP contribution in [0.4, 0.5) is 0 Å². The zero-order chi connectivity index (χ0) is 28.9. The first-order valence-corrected chi connectivity index (χ1v) is 13.9. The molecular formula is C29H40NO7P. The molecule has 0 aliphatic heterocycles. The van der Waals surface area contributed by atoms with Crippen LogP contribution >= 0.6 is 7.82 Å². The number of nitrogens with two attached hydrogens (primary N) is 1. The summed E-state index contributed by atoms with van der Waals surface area (Å²) in [6, 6.07) is 4.65. The highest BCUT2D eigenvalue weighted by Gasteiger charge is 2.26. The maximum Gasteiger partial charge on any atom is 0.524 e. The van der Waals surface area contributed by atoms with Gasteiger partial charge in [0.1, 0.15) is 18.1 Å². The van der Waals surface area contributed by atoms with Gasteiger partial charge < -0.3 is 15.4 Å². The number of allylic oxidation sites excluding steroid dienone is 10. The number of phosphoric acid groups is 1. The lowest BCUT2D eigenvalue weighted by Gasteiger charge is -2.32. The number of carboxylic acid groups (broad SMARTS) is 1. The summed E-state index contributed by atoms with van der Waals surface area (Å²) in [6.07, 6.45) is 16.8. The van der Waals surface area contributed by atoms with Crippen LogP contribution in [0, 0.1) is 5.41 Å². The molecule has 0 bridgehead atoms. The van der Waals surface area contributed by atoms with Crippen molar-refractivity contribution in [2.45, 2.75) is 66.3 Å². The van der Waals surface area contributed by atoms with Crippen LogP contribution in [0.2, 0.25) is 0 Å². The average molecular weight is 546 g/mol. The number of aldehydes is 1. The van der Waals surface area contributed by atoms with Crippen molar-refractivity contribution in [3.05, 3.63) is 88.6 Å². The second-order valence-corrected chi connectivity index (χ2v) is 11.1. The topological polar surface area (TPSA) is 147 Å². The van der Waals surface area contributed by atoms with Crippen LogP contribution in [0.15, 0.2) is 83.0 Å². The Kier molecular flexibility index (Phi) is 13.4. The number of benzene rings is 1. The highest BCUT2D eigenvalue weighted by molar-refractivity contribution is 7.46. The molecule has 5 N–H and O–H groups in total. The Bertz CT molecular complexity index is 1150. The first kappa shape index (κ1) is 33.0. The minimum Gasteiger partial charge on any atom is -0.480 e. The summed E-state index contributed by atoms with van der Waals surface area (Å²) in [5, 5.41) is 8.60. The van der Waals surface area contributed by atoms with Gasteiger partial charge in [-0.2, -0.15) is 0 Å². The molecule has 1 aromatic rings. The Labute approximate surface area is 225 Å².